The third kappa shape index (κ3) is 3.58. The van der Waals surface area contributed by atoms with Gasteiger partial charge in [0.2, 0.25) is 0 Å². The van der Waals surface area contributed by atoms with E-state index in [0.717, 1.165) is 16.6 Å². The standard InChI is InChI=1S/C15H20BrNO/c1-17(11-12-6-3-2-4-7-12)15(18)13-8-5-9-14(16)10-13/h5,8-10,12H,2-4,6-7,11H2,1H3. The number of rotatable bonds is 3. The molecule has 1 amide bonds. The summed E-state index contributed by atoms with van der Waals surface area (Å²) in [5.41, 5.74) is 0.766. The quantitative estimate of drug-likeness (QED) is 0.823. The largest absolute Gasteiger partial charge is 0.341 e. The van der Waals surface area contributed by atoms with E-state index in [1.807, 2.05) is 36.2 Å². The molecule has 1 aliphatic carbocycles. The predicted molar refractivity (Wildman–Crippen MR) is 77.7 cm³/mol. The van der Waals surface area contributed by atoms with Crippen LogP contribution in [-0.4, -0.2) is 24.4 Å². The molecule has 0 radical (unpaired) electrons. The number of amides is 1. The Kier molecular flexibility index (Phi) is 4.81. The van der Waals surface area contributed by atoms with E-state index in [0.29, 0.717) is 5.92 Å². The molecule has 0 spiro atoms. The molecule has 2 nitrogen and oxygen atoms in total. The smallest absolute Gasteiger partial charge is 0.253 e. The maximum absolute atomic E-state index is 12.3. The first-order chi connectivity index (χ1) is 8.66. The van der Waals surface area contributed by atoms with Crippen molar-refractivity contribution in [1.82, 2.24) is 4.90 Å². The molecule has 0 aliphatic heterocycles. The van der Waals surface area contributed by atoms with Crippen molar-refractivity contribution < 1.29 is 4.79 Å². The highest BCUT2D eigenvalue weighted by molar-refractivity contribution is 9.10. The maximum atomic E-state index is 12.3. The van der Waals surface area contributed by atoms with Gasteiger partial charge in [0.25, 0.3) is 5.91 Å². The Bertz CT molecular complexity index is 413. The van der Waals surface area contributed by atoms with Crippen LogP contribution in [0.2, 0.25) is 0 Å². The third-order valence-corrected chi connectivity index (χ3v) is 4.17. The van der Waals surface area contributed by atoms with Crippen molar-refractivity contribution in [1.29, 1.82) is 0 Å². The molecular weight excluding hydrogens is 290 g/mol. The zero-order valence-electron chi connectivity index (χ0n) is 10.9. The van der Waals surface area contributed by atoms with Crippen molar-refractivity contribution in [2.45, 2.75) is 32.1 Å². The lowest BCUT2D eigenvalue weighted by Gasteiger charge is -2.27. The van der Waals surface area contributed by atoms with Crippen LogP contribution < -0.4 is 0 Å². The van der Waals surface area contributed by atoms with Gasteiger partial charge < -0.3 is 4.90 Å². The van der Waals surface area contributed by atoms with Crippen molar-refractivity contribution in [2.24, 2.45) is 5.92 Å². The Morgan fingerprint density at radius 1 is 1.33 bits per heavy atom. The van der Waals surface area contributed by atoms with Crippen LogP contribution in [0.25, 0.3) is 0 Å². The molecular formula is C15H20BrNO. The molecule has 1 saturated carbocycles. The van der Waals surface area contributed by atoms with Crippen molar-refractivity contribution in [3.63, 3.8) is 0 Å². The number of hydrogen-bond donors (Lipinski definition) is 0. The summed E-state index contributed by atoms with van der Waals surface area (Å²) < 4.78 is 0.958. The van der Waals surface area contributed by atoms with E-state index in [4.69, 9.17) is 0 Å². The van der Waals surface area contributed by atoms with Gasteiger partial charge in [0.05, 0.1) is 0 Å². The summed E-state index contributed by atoms with van der Waals surface area (Å²) in [6.07, 6.45) is 6.55. The number of carbonyl (C=O) groups is 1. The minimum absolute atomic E-state index is 0.127. The van der Waals surface area contributed by atoms with Gasteiger partial charge in [-0.2, -0.15) is 0 Å². The lowest BCUT2D eigenvalue weighted by atomic mass is 9.89. The average molecular weight is 310 g/mol. The van der Waals surface area contributed by atoms with Gasteiger partial charge in [-0.25, -0.2) is 0 Å². The van der Waals surface area contributed by atoms with Gasteiger partial charge in [-0.3, -0.25) is 4.79 Å². The molecule has 2 rings (SSSR count). The summed E-state index contributed by atoms with van der Waals surface area (Å²) >= 11 is 3.41. The second-order valence-electron chi connectivity index (χ2n) is 5.20. The molecule has 0 saturated heterocycles. The monoisotopic (exact) mass is 309 g/mol. The lowest BCUT2D eigenvalue weighted by molar-refractivity contribution is 0.0760. The number of nitrogens with zero attached hydrogens (tertiary/aromatic N) is 1. The molecule has 3 heteroatoms. The fourth-order valence-corrected chi connectivity index (χ4v) is 3.08. The van der Waals surface area contributed by atoms with Crippen molar-refractivity contribution in [3.8, 4) is 0 Å². The van der Waals surface area contributed by atoms with Crippen LogP contribution in [0.3, 0.4) is 0 Å². The molecule has 0 N–H and O–H groups in total. The molecule has 1 aromatic rings. The van der Waals surface area contributed by atoms with Gasteiger partial charge in [-0.15, -0.1) is 0 Å². The molecule has 1 fully saturated rings. The summed E-state index contributed by atoms with van der Waals surface area (Å²) in [5, 5.41) is 0. The fraction of sp³-hybridized carbons (Fsp3) is 0.533. The summed E-state index contributed by atoms with van der Waals surface area (Å²) in [6.45, 7) is 0.894. The first-order valence-electron chi connectivity index (χ1n) is 6.68. The number of benzene rings is 1. The Morgan fingerprint density at radius 3 is 2.72 bits per heavy atom. The second kappa shape index (κ2) is 6.37. The van der Waals surface area contributed by atoms with Gasteiger partial charge in [0.15, 0.2) is 0 Å². The summed E-state index contributed by atoms with van der Waals surface area (Å²) in [7, 11) is 1.91. The Morgan fingerprint density at radius 2 is 2.06 bits per heavy atom. The van der Waals surface area contributed by atoms with Crippen LogP contribution >= 0.6 is 15.9 Å². The number of carbonyl (C=O) groups excluding carboxylic acids is 1. The highest BCUT2D eigenvalue weighted by Crippen LogP contribution is 2.24. The lowest BCUT2D eigenvalue weighted by Crippen LogP contribution is -2.32. The highest BCUT2D eigenvalue weighted by atomic mass is 79.9. The van der Waals surface area contributed by atoms with Crippen LogP contribution in [0.4, 0.5) is 0 Å². The van der Waals surface area contributed by atoms with E-state index in [1.165, 1.54) is 32.1 Å². The minimum Gasteiger partial charge on any atom is -0.341 e. The molecule has 0 atom stereocenters. The van der Waals surface area contributed by atoms with Crippen LogP contribution in [0.15, 0.2) is 28.7 Å². The van der Waals surface area contributed by atoms with Gasteiger partial charge >= 0.3 is 0 Å². The third-order valence-electron chi connectivity index (χ3n) is 3.68. The topological polar surface area (TPSA) is 20.3 Å². The van der Waals surface area contributed by atoms with E-state index < -0.39 is 0 Å². The SMILES string of the molecule is CN(CC1CCCCC1)C(=O)c1cccc(Br)c1. The van der Waals surface area contributed by atoms with Gasteiger partial charge in [-0.05, 0) is 37.0 Å². The molecule has 1 aliphatic rings. The van der Waals surface area contributed by atoms with E-state index in [-0.39, 0.29) is 5.91 Å². The van der Waals surface area contributed by atoms with Gasteiger partial charge in [0, 0.05) is 23.6 Å². The van der Waals surface area contributed by atoms with Gasteiger partial charge in [0.1, 0.15) is 0 Å². The molecule has 1 aromatic carbocycles. The molecule has 0 unspecified atom stereocenters. The molecule has 0 aromatic heterocycles. The predicted octanol–water partition coefficient (Wildman–Crippen LogP) is 4.10. The zero-order chi connectivity index (χ0) is 13.0. The van der Waals surface area contributed by atoms with E-state index >= 15 is 0 Å². The van der Waals surface area contributed by atoms with Crippen LogP contribution in [0.5, 0.6) is 0 Å². The normalized spacial score (nSPS) is 16.6. The fourth-order valence-electron chi connectivity index (χ4n) is 2.68. The van der Waals surface area contributed by atoms with E-state index in [9.17, 15) is 4.79 Å². The van der Waals surface area contributed by atoms with Crippen molar-refractivity contribution >= 4 is 21.8 Å². The minimum atomic E-state index is 0.127. The Labute approximate surface area is 117 Å². The highest BCUT2D eigenvalue weighted by Gasteiger charge is 2.19. The van der Waals surface area contributed by atoms with Crippen LogP contribution in [0, 0.1) is 5.92 Å². The number of halogens is 1. The summed E-state index contributed by atoms with van der Waals surface area (Å²) in [5.74, 6) is 0.821. The Balaban J connectivity index is 1.95. The van der Waals surface area contributed by atoms with Crippen molar-refractivity contribution in [3.05, 3.63) is 34.3 Å². The van der Waals surface area contributed by atoms with Crippen molar-refractivity contribution in [2.75, 3.05) is 13.6 Å². The van der Waals surface area contributed by atoms with E-state index in [2.05, 4.69) is 15.9 Å². The summed E-state index contributed by atoms with van der Waals surface area (Å²) in [6, 6.07) is 7.62. The average Bonchev–Trinajstić information content (AvgIpc) is 2.39. The molecule has 98 valence electrons. The van der Waals surface area contributed by atoms with Crippen LogP contribution in [-0.2, 0) is 0 Å². The maximum Gasteiger partial charge on any atom is 0.253 e. The van der Waals surface area contributed by atoms with Gasteiger partial charge in [-0.1, -0.05) is 41.3 Å². The first kappa shape index (κ1) is 13.6. The second-order valence-corrected chi connectivity index (χ2v) is 6.12. The molecule has 18 heavy (non-hydrogen) atoms. The Hall–Kier alpha value is -0.830. The van der Waals surface area contributed by atoms with Crippen LogP contribution in [0.1, 0.15) is 42.5 Å². The first-order valence-corrected chi connectivity index (χ1v) is 7.47. The summed E-state index contributed by atoms with van der Waals surface area (Å²) in [4.78, 5) is 14.1. The van der Waals surface area contributed by atoms with E-state index in [1.54, 1.807) is 0 Å². The molecule has 0 heterocycles. The number of hydrogen-bond acceptors (Lipinski definition) is 1. The molecule has 0 bridgehead atoms. The zero-order valence-corrected chi connectivity index (χ0v) is 12.4.